The Morgan fingerprint density at radius 1 is 1.00 bits per heavy atom. The summed E-state index contributed by atoms with van der Waals surface area (Å²) in [5.41, 5.74) is 2.36. The molecule has 0 aliphatic carbocycles. The van der Waals surface area contributed by atoms with Crippen molar-refractivity contribution in [3.8, 4) is 11.6 Å². The van der Waals surface area contributed by atoms with Crippen LogP contribution in [0, 0.1) is 0 Å². The highest BCUT2D eigenvalue weighted by molar-refractivity contribution is 7.17. The second kappa shape index (κ2) is 7.97. The Morgan fingerprint density at radius 3 is 2.40 bits per heavy atom. The molecule has 1 N–H and O–H groups in total. The van der Waals surface area contributed by atoms with Crippen molar-refractivity contribution in [1.29, 1.82) is 0 Å². The van der Waals surface area contributed by atoms with Crippen LogP contribution in [0.25, 0.3) is 4.96 Å². The van der Waals surface area contributed by atoms with Crippen LogP contribution in [0.5, 0.6) is 11.6 Å². The first-order valence-electron chi connectivity index (χ1n) is 9.94. The number of thiazole rings is 1. The van der Waals surface area contributed by atoms with E-state index in [0.29, 0.717) is 4.96 Å². The molecule has 0 amide bonds. The molecule has 4 aromatic rings. The molecule has 0 radical (unpaired) electrons. The quantitative estimate of drug-likeness (QED) is 0.533. The van der Waals surface area contributed by atoms with E-state index in [1.54, 1.807) is 7.11 Å². The van der Waals surface area contributed by atoms with Gasteiger partial charge in [0.2, 0.25) is 10.8 Å². The third kappa shape index (κ3) is 3.38. The summed E-state index contributed by atoms with van der Waals surface area (Å²) < 4.78 is 6.79. The van der Waals surface area contributed by atoms with Gasteiger partial charge < -0.3 is 14.7 Å². The summed E-state index contributed by atoms with van der Waals surface area (Å²) in [6, 6.07) is 18.5. The molecule has 5 rings (SSSR count). The van der Waals surface area contributed by atoms with Crippen LogP contribution in [0.2, 0.25) is 0 Å². The number of aromatic nitrogens is 3. The maximum atomic E-state index is 10.8. The number of nitrogens with zero attached hydrogens (tertiary/aromatic N) is 5. The van der Waals surface area contributed by atoms with E-state index in [4.69, 9.17) is 4.74 Å². The second-order valence-electron chi connectivity index (χ2n) is 7.28. The topological polar surface area (TPSA) is 66.1 Å². The third-order valence-corrected chi connectivity index (χ3v) is 6.71. The van der Waals surface area contributed by atoms with Crippen molar-refractivity contribution in [2.75, 3.05) is 38.2 Å². The molecule has 0 unspecified atom stereocenters. The number of aromatic hydroxyl groups is 1. The summed E-state index contributed by atoms with van der Waals surface area (Å²) in [6.07, 6.45) is 1.47. The van der Waals surface area contributed by atoms with Crippen LogP contribution in [0.4, 0.5) is 5.69 Å². The lowest BCUT2D eigenvalue weighted by atomic mass is 10.0. The molecule has 0 saturated carbocycles. The van der Waals surface area contributed by atoms with E-state index in [1.165, 1.54) is 27.9 Å². The highest BCUT2D eigenvalue weighted by Crippen LogP contribution is 2.40. The minimum atomic E-state index is -0.0299. The smallest absolute Gasteiger partial charge is 0.230 e. The van der Waals surface area contributed by atoms with Crippen molar-refractivity contribution >= 4 is 22.0 Å². The number of methoxy groups -OCH3 is 1. The first kappa shape index (κ1) is 18.9. The lowest BCUT2D eigenvalue weighted by Crippen LogP contribution is -2.47. The van der Waals surface area contributed by atoms with Crippen molar-refractivity contribution in [2.24, 2.45) is 0 Å². The molecule has 0 spiro atoms. The molecule has 3 heterocycles. The summed E-state index contributed by atoms with van der Waals surface area (Å²) in [6.45, 7) is 3.60. The standard InChI is InChI=1S/C22H23N5O2S/c1-29-18-9-7-17(8-10-18)25-11-13-26(14-12-25)19(16-5-3-2-4-6-16)20-21(28)27-22(30-20)23-15-24-27/h2-10,15,19,28H,11-14H2,1H3/t19-/m0/s1. The fourth-order valence-electron chi connectivity index (χ4n) is 4.07. The number of fused-ring (bicyclic) bond motifs is 1. The number of hydrogen-bond donors (Lipinski definition) is 1. The van der Waals surface area contributed by atoms with Gasteiger partial charge in [-0.05, 0) is 29.8 Å². The Balaban J connectivity index is 1.41. The molecular formula is C22H23N5O2S. The van der Waals surface area contributed by atoms with Gasteiger partial charge in [-0.15, -0.1) is 0 Å². The van der Waals surface area contributed by atoms with Crippen LogP contribution < -0.4 is 9.64 Å². The van der Waals surface area contributed by atoms with Gasteiger partial charge in [-0.2, -0.15) is 9.61 Å². The molecule has 2 aromatic carbocycles. The lowest BCUT2D eigenvalue weighted by Gasteiger charge is -2.40. The average molecular weight is 422 g/mol. The van der Waals surface area contributed by atoms with E-state index in [-0.39, 0.29) is 11.9 Å². The van der Waals surface area contributed by atoms with Crippen molar-refractivity contribution in [3.05, 3.63) is 71.4 Å². The van der Waals surface area contributed by atoms with Crippen molar-refractivity contribution in [3.63, 3.8) is 0 Å². The van der Waals surface area contributed by atoms with Gasteiger partial charge in [0.1, 0.15) is 12.1 Å². The largest absolute Gasteiger partial charge is 0.497 e. The summed E-state index contributed by atoms with van der Waals surface area (Å²) in [4.78, 5) is 10.7. The van der Waals surface area contributed by atoms with Crippen LogP contribution in [0.15, 0.2) is 60.9 Å². The SMILES string of the molecule is COc1ccc(N2CCN([C@@H](c3ccccc3)c3sc4ncnn4c3O)CC2)cc1. The Kier molecular flexibility index (Phi) is 5.02. The van der Waals surface area contributed by atoms with Crippen molar-refractivity contribution < 1.29 is 9.84 Å². The summed E-state index contributed by atoms with van der Waals surface area (Å²) in [5, 5.41) is 15.0. The molecule has 1 atom stereocenters. The zero-order chi connectivity index (χ0) is 20.5. The predicted molar refractivity (Wildman–Crippen MR) is 118 cm³/mol. The van der Waals surface area contributed by atoms with Crippen LogP contribution in [0.3, 0.4) is 0 Å². The maximum Gasteiger partial charge on any atom is 0.230 e. The fourth-order valence-corrected chi connectivity index (χ4v) is 5.16. The van der Waals surface area contributed by atoms with Gasteiger partial charge in [-0.25, -0.2) is 4.98 Å². The molecule has 1 aliphatic heterocycles. The number of anilines is 1. The summed E-state index contributed by atoms with van der Waals surface area (Å²) in [7, 11) is 1.68. The molecule has 154 valence electrons. The first-order chi connectivity index (χ1) is 14.7. The molecule has 2 aromatic heterocycles. The Bertz CT molecular complexity index is 1120. The van der Waals surface area contributed by atoms with Crippen LogP contribution >= 0.6 is 11.3 Å². The molecule has 8 heteroatoms. The minimum absolute atomic E-state index is 0.0299. The second-order valence-corrected chi connectivity index (χ2v) is 8.29. The normalized spacial score (nSPS) is 16.1. The highest BCUT2D eigenvalue weighted by Gasteiger charge is 2.31. The minimum Gasteiger partial charge on any atom is -0.497 e. The monoisotopic (exact) mass is 421 g/mol. The fraction of sp³-hybridized carbons (Fsp3) is 0.273. The summed E-state index contributed by atoms with van der Waals surface area (Å²) >= 11 is 1.50. The van der Waals surface area contributed by atoms with Crippen molar-refractivity contribution in [1.82, 2.24) is 19.5 Å². The maximum absolute atomic E-state index is 10.8. The predicted octanol–water partition coefficient (Wildman–Crippen LogP) is 3.42. The number of benzene rings is 2. The molecule has 1 saturated heterocycles. The number of hydrogen-bond acceptors (Lipinski definition) is 7. The summed E-state index contributed by atoms with van der Waals surface area (Å²) in [5.74, 6) is 1.05. The van der Waals surface area contributed by atoms with Crippen LogP contribution in [0.1, 0.15) is 16.5 Å². The van der Waals surface area contributed by atoms with Gasteiger partial charge in [0.15, 0.2) is 0 Å². The first-order valence-corrected chi connectivity index (χ1v) is 10.8. The van der Waals surface area contributed by atoms with Gasteiger partial charge in [-0.3, -0.25) is 4.90 Å². The zero-order valence-corrected chi connectivity index (χ0v) is 17.5. The zero-order valence-electron chi connectivity index (χ0n) is 16.7. The van der Waals surface area contributed by atoms with Crippen LogP contribution in [-0.4, -0.2) is 57.9 Å². The van der Waals surface area contributed by atoms with E-state index in [2.05, 4.69) is 44.1 Å². The van der Waals surface area contributed by atoms with Crippen LogP contribution in [-0.2, 0) is 0 Å². The number of ether oxygens (including phenoxy) is 1. The number of piperazine rings is 1. The van der Waals surface area contributed by atoms with E-state index >= 15 is 0 Å². The van der Waals surface area contributed by atoms with E-state index < -0.39 is 0 Å². The molecule has 30 heavy (non-hydrogen) atoms. The lowest BCUT2D eigenvalue weighted by molar-refractivity contribution is 0.211. The third-order valence-electron chi connectivity index (χ3n) is 5.62. The molecule has 7 nitrogen and oxygen atoms in total. The molecular weight excluding hydrogens is 398 g/mol. The van der Waals surface area contributed by atoms with Crippen molar-refractivity contribution in [2.45, 2.75) is 6.04 Å². The van der Waals surface area contributed by atoms with Gasteiger partial charge in [-0.1, -0.05) is 41.7 Å². The van der Waals surface area contributed by atoms with E-state index in [0.717, 1.165) is 42.4 Å². The Morgan fingerprint density at radius 2 is 1.73 bits per heavy atom. The van der Waals surface area contributed by atoms with Gasteiger partial charge in [0.05, 0.1) is 18.0 Å². The van der Waals surface area contributed by atoms with Gasteiger partial charge >= 0.3 is 0 Å². The highest BCUT2D eigenvalue weighted by atomic mass is 32.1. The van der Waals surface area contributed by atoms with E-state index in [1.807, 2.05) is 30.3 Å². The number of rotatable bonds is 5. The Labute approximate surface area is 178 Å². The molecule has 1 fully saturated rings. The van der Waals surface area contributed by atoms with E-state index in [9.17, 15) is 5.11 Å². The van der Waals surface area contributed by atoms with Gasteiger partial charge in [0.25, 0.3) is 0 Å². The average Bonchev–Trinajstić information content (AvgIpc) is 3.39. The van der Waals surface area contributed by atoms with Gasteiger partial charge in [0, 0.05) is 31.9 Å². The Hall–Kier alpha value is -3.10. The molecule has 0 bridgehead atoms. The molecule has 1 aliphatic rings.